The van der Waals surface area contributed by atoms with Crippen LogP contribution in [0.15, 0.2) is 0 Å². The van der Waals surface area contributed by atoms with Crippen LogP contribution in [0.5, 0.6) is 0 Å². The Morgan fingerprint density at radius 3 is 1.22 bits per heavy atom. The van der Waals surface area contributed by atoms with Gasteiger partial charge in [0.05, 0.1) is 6.61 Å². The molecule has 54 heavy (non-hydrogen) atoms. The van der Waals surface area contributed by atoms with Crippen molar-refractivity contribution in [2.24, 2.45) is 0 Å². The smallest absolute Gasteiger partial charge is 0.462 e. The molecule has 0 bridgehead atoms. The zero-order valence-electron chi connectivity index (χ0n) is 33.5. The molecule has 320 valence electrons. The third kappa shape index (κ3) is 24.5. The van der Waals surface area contributed by atoms with Crippen LogP contribution in [0.3, 0.4) is 0 Å². The van der Waals surface area contributed by atoms with Crippen molar-refractivity contribution in [1.82, 2.24) is 0 Å². The number of esters is 2. The molecule has 1 saturated carbocycles. The number of hydrogen-bond acceptors (Lipinski definition) is 12. The van der Waals surface area contributed by atoms with E-state index in [0.717, 1.165) is 38.5 Å². The van der Waals surface area contributed by atoms with Gasteiger partial charge < -0.3 is 39.9 Å². The number of phosphoric ester groups is 1. The van der Waals surface area contributed by atoms with E-state index in [4.69, 9.17) is 18.5 Å². The van der Waals surface area contributed by atoms with E-state index >= 15 is 0 Å². The van der Waals surface area contributed by atoms with E-state index in [1.165, 1.54) is 109 Å². The molecule has 1 fully saturated rings. The molecular weight excluding hydrogens is 719 g/mol. The summed E-state index contributed by atoms with van der Waals surface area (Å²) in [5.74, 6) is -1.09. The summed E-state index contributed by atoms with van der Waals surface area (Å²) in [6.07, 6.45) is 16.0. The molecular formula is C40H77O13P. The summed E-state index contributed by atoms with van der Waals surface area (Å²) in [5.41, 5.74) is 0. The Morgan fingerprint density at radius 2 is 0.833 bits per heavy atom. The number of carbonyl (C=O) groups excluding carboxylic acids is 2. The molecule has 13 nitrogen and oxygen atoms in total. The van der Waals surface area contributed by atoms with E-state index in [-0.39, 0.29) is 12.8 Å². The highest BCUT2D eigenvalue weighted by molar-refractivity contribution is 7.47. The molecule has 0 spiro atoms. The van der Waals surface area contributed by atoms with Crippen molar-refractivity contribution < 1.29 is 63.1 Å². The summed E-state index contributed by atoms with van der Waals surface area (Å²) in [6.45, 7) is 3.28. The van der Waals surface area contributed by atoms with Crippen molar-refractivity contribution in [2.75, 3.05) is 13.2 Å². The van der Waals surface area contributed by atoms with Crippen molar-refractivity contribution in [3.63, 3.8) is 0 Å². The standard InChI is InChI=1S/C40H77O13P/c1-3-5-7-9-11-13-15-16-17-18-19-21-23-25-27-29-34(42)52-32(30-50-33(41)28-26-24-22-20-14-12-10-8-6-4-2)31-51-54(48,49)53-40-38(46)36(44)35(43)37(45)39(40)47/h32,35-40,43-47H,3-31H2,1-2H3,(H,48,49)/t32-,35?,36-,37-,38-,39-,40?/m1/s1. The highest BCUT2D eigenvalue weighted by Gasteiger charge is 2.51. The van der Waals surface area contributed by atoms with Crippen molar-refractivity contribution in [1.29, 1.82) is 0 Å². The summed E-state index contributed by atoms with van der Waals surface area (Å²) in [4.78, 5) is 35.5. The molecule has 1 aliphatic carbocycles. The topological polar surface area (TPSA) is 210 Å². The van der Waals surface area contributed by atoms with Gasteiger partial charge in [0, 0.05) is 12.8 Å². The van der Waals surface area contributed by atoms with Crippen LogP contribution in [0, 0.1) is 0 Å². The summed E-state index contributed by atoms with van der Waals surface area (Å²) >= 11 is 0. The Balaban J connectivity index is 2.48. The van der Waals surface area contributed by atoms with Gasteiger partial charge in [0.25, 0.3) is 0 Å². The molecule has 1 rings (SSSR count). The first-order valence-corrected chi connectivity index (χ1v) is 22.8. The third-order valence-corrected chi connectivity index (χ3v) is 11.2. The normalized spacial score (nSPS) is 23.2. The maximum absolute atomic E-state index is 12.8. The first kappa shape index (κ1) is 50.9. The summed E-state index contributed by atoms with van der Waals surface area (Å²) in [6, 6.07) is 0. The maximum Gasteiger partial charge on any atom is 0.472 e. The molecule has 0 aromatic heterocycles. The fourth-order valence-corrected chi connectivity index (χ4v) is 7.67. The number of aliphatic hydroxyl groups is 5. The summed E-state index contributed by atoms with van der Waals surface area (Å²) < 4.78 is 33.4. The van der Waals surface area contributed by atoms with Gasteiger partial charge in [-0.05, 0) is 12.8 Å². The van der Waals surface area contributed by atoms with Crippen LogP contribution in [0.1, 0.15) is 187 Å². The molecule has 0 aromatic carbocycles. The molecule has 0 radical (unpaired) electrons. The zero-order chi connectivity index (χ0) is 40.0. The van der Waals surface area contributed by atoms with Gasteiger partial charge >= 0.3 is 19.8 Å². The number of ether oxygens (including phenoxy) is 2. The predicted molar refractivity (Wildman–Crippen MR) is 208 cm³/mol. The predicted octanol–water partition coefficient (Wildman–Crippen LogP) is 7.33. The number of aliphatic hydroxyl groups excluding tert-OH is 5. The van der Waals surface area contributed by atoms with E-state index in [1.54, 1.807) is 0 Å². The second kappa shape index (κ2) is 31.9. The Labute approximate surface area is 325 Å². The number of carbonyl (C=O) groups is 2. The number of hydrogen-bond donors (Lipinski definition) is 6. The average molecular weight is 797 g/mol. The van der Waals surface area contributed by atoms with Gasteiger partial charge in [0.15, 0.2) is 6.10 Å². The highest BCUT2D eigenvalue weighted by Crippen LogP contribution is 2.47. The second-order valence-electron chi connectivity index (χ2n) is 15.2. The molecule has 0 aliphatic heterocycles. The van der Waals surface area contributed by atoms with Crippen LogP contribution in [0.25, 0.3) is 0 Å². The van der Waals surface area contributed by atoms with Crippen LogP contribution in [0.4, 0.5) is 0 Å². The van der Waals surface area contributed by atoms with Crippen molar-refractivity contribution in [3.8, 4) is 0 Å². The fourth-order valence-electron chi connectivity index (χ4n) is 6.70. The van der Waals surface area contributed by atoms with E-state index in [9.17, 15) is 44.6 Å². The summed E-state index contributed by atoms with van der Waals surface area (Å²) in [7, 11) is -5.10. The highest BCUT2D eigenvalue weighted by atomic mass is 31.2. The maximum atomic E-state index is 12.8. The van der Waals surface area contributed by atoms with Crippen molar-refractivity contribution >= 4 is 19.8 Å². The zero-order valence-corrected chi connectivity index (χ0v) is 34.4. The Hall–Kier alpha value is -1.15. The first-order chi connectivity index (χ1) is 25.9. The van der Waals surface area contributed by atoms with Gasteiger partial charge in [-0.15, -0.1) is 0 Å². The van der Waals surface area contributed by atoms with Crippen LogP contribution in [-0.4, -0.2) is 98.3 Å². The first-order valence-electron chi connectivity index (χ1n) is 21.3. The molecule has 0 aromatic rings. The molecule has 14 heteroatoms. The molecule has 1 unspecified atom stereocenters. The molecule has 1 aliphatic rings. The number of phosphoric acid groups is 1. The number of unbranched alkanes of at least 4 members (excludes halogenated alkanes) is 23. The SMILES string of the molecule is CCCCCCCCCCCCCCCCCC(=O)O[C@H](COC(=O)CCCCCCCCCCCC)COP(=O)(O)OC1[C@H](O)[C@H](O)C(O)[C@@H](O)[C@H]1O. The van der Waals surface area contributed by atoms with E-state index < -0.39 is 75.7 Å². The van der Waals surface area contributed by atoms with Gasteiger partial charge in [-0.1, -0.05) is 162 Å². The Bertz CT molecular complexity index is 969. The fraction of sp³-hybridized carbons (Fsp3) is 0.950. The quantitative estimate of drug-likeness (QED) is 0.0211. The Morgan fingerprint density at radius 1 is 0.500 bits per heavy atom. The molecule has 6 N–H and O–H groups in total. The van der Waals surface area contributed by atoms with Gasteiger partial charge in [-0.2, -0.15) is 0 Å². The van der Waals surface area contributed by atoms with Crippen LogP contribution in [0.2, 0.25) is 0 Å². The lowest BCUT2D eigenvalue weighted by molar-refractivity contribution is -0.220. The molecule has 0 amide bonds. The van der Waals surface area contributed by atoms with Gasteiger partial charge in [0.1, 0.15) is 43.2 Å². The molecule has 0 heterocycles. The third-order valence-electron chi connectivity index (χ3n) is 10.2. The van der Waals surface area contributed by atoms with E-state index in [2.05, 4.69) is 13.8 Å². The van der Waals surface area contributed by atoms with Crippen LogP contribution < -0.4 is 0 Å². The largest absolute Gasteiger partial charge is 0.472 e. The minimum Gasteiger partial charge on any atom is -0.462 e. The van der Waals surface area contributed by atoms with Gasteiger partial charge in [0.2, 0.25) is 0 Å². The minimum absolute atomic E-state index is 0.104. The van der Waals surface area contributed by atoms with Gasteiger partial charge in [-0.3, -0.25) is 18.6 Å². The lowest BCUT2D eigenvalue weighted by atomic mass is 9.85. The van der Waals surface area contributed by atoms with Crippen LogP contribution in [-0.2, 0) is 32.7 Å². The summed E-state index contributed by atoms with van der Waals surface area (Å²) in [5, 5.41) is 50.0. The Kier molecular flexibility index (Phi) is 30.0. The van der Waals surface area contributed by atoms with Crippen molar-refractivity contribution in [3.05, 3.63) is 0 Å². The van der Waals surface area contributed by atoms with Gasteiger partial charge in [-0.25, -0.2) is 4.57 Å². The monoisotopic (exact) mass is 797 g/mol. The lowest BCUT2D eigenvalue weighted by Crippen LogP contribution is -2.64. The molecule has 0 saturated heterocycles. The lowest BCUT2D eigenvalue weighted by Gasteiger charge is -2.41. The van der Waals surface area contributed by atoms with E-state index in [0.29, 0.717) is 12.8 Å². The van der Waals surface area contributed by atoms with Crippen molar-refractivity contribution in [2.45, 2.75) is 230 Å². The second-order valence-corrected chi connectivity index (χ2v) is 16.6. The average Bonchev–Trinajstić information content (AvgIpc) is 3.15. The van der Waals surface area contributed by atoms with E-state index in [1.807, 2.05) is 0 Å². The number of rotatable bonds is 35. The van der Waals surface area contributed by atoms with Crippen LogP contribution >= 0.6 is 7.82 Å². The minimum atomic E-state index is -5.10. The molecule has 6 atom stereocenters.